The standard InChI is InChI=1S/C24H32N2O4/c1-4-30-23-16-19(10-13-22(23)29-3)24(27)25-17-21(26-14-6-5-7-15-26)18-8-11-20(28-2)12-9-18/h8-13,16,21H,4-7,14-15,17H2,1-3H3,(H,25,27). The second-order valence-electron chi connectivity index (χ2n) is 7.39. The van der Waals surface area contributed by atoms with Gasteiger partial charge in [-0.1, -0.05) is 18.6 Å². The van der Waals surface area contributed by atoms with E-state index in [0.29, 0.717) is 30.2 Å². The van der Waals surface area contributed by atoms with E-state index in [2.05, 4.69) is 22.3 Å². The zero-order valence-electron chi connectivity index (χ0n) is 18.1. The predicted octanol–water partition coefficient (Wildman–Crippen LogP) is 4.06. The van der Waals surface area contributed by atoms with Crippen molar-refractivity contribution in [3.05, 3.63) is 53.6 Å². The lowest BCUT2D eigenvalue weighted by molar-refractivity contribution is 0.0924. The molecule has 6 heteroatoms. The Labute approximate surface area is 179 Å². The maximum atomic E-state index is 12.9. The van der Waals surface area contributed by atoms with Crippen LogP contribution in [0.2, 0.25) is 0 Å². The molecule has 3 rings (SSSR count). The number of benzene rings is 2. The van der Waals surface area contributed by atoms with Crippen LogP contribution in [0.5, 0.6) is 17.2 Å². The van der Waals surface area contributed by atoms with Gasteiger partial charge in [0.05, 0.1) is 26.9 Å². The van der Waals surface area contributed by atoms with Crippen molar-refractivity contribution in [3.8, 4) is 17.2 Å². The molecule has 2 aromatic rings. The van der Waals surface area contributed by atoms with Crippen molar-refractivity contribution in [1.82, 2.24) is 10.2 Å². The summed E-state index contributed by atoms with van der Waals surface area (Å²) in [5.74, 6) is 1.92. The first-order valence-corrected chi connectivity index (χ1v) is 10.6. The molecule has 1 atom stereocenters. The highest BCUT2D eigenvalue weighted by Gasteiger charge is 2.23. The Morgan fingerprint density at radius 1 is 1.00 bits per heavy atom. The van der Waals surface area contributed by atoms with Crippen LogP contribution in [0.3, 0.4) is 0 Å². The molecule has 30 heavy (non-hydrogen) atoms. The van der Waals surface area contributed by atoms with E-state index < -0.39 is 0 Å². The van der Waals surface area contributed by atoms with E-state index in [0.717, 1.165) is 18.8 Å². The zero-order valence-corrected chi connectivity index (χ0v) is 18.1. The number of nitrogens with zero attached hydrogens (tertiary/aromatic N) is 1. The highest BCUT2D eigenvalue weighted by Crippen LogP contribution is 2.29. The average Bonchev–Trinajstić information content (AvgIpc) is 2.80. The fraction of sp³-hybridized carbons (Fsp3) is 0.458. The van der Waals surface area contributed by atoms with Crippen LogP contribution in [0.15, 0.2) is 42.5 Å². The minimum atomic E-state index is -0.117. The minimum absolute atomic E-state index is 0.117. The van der Waals surface area contributed by atoms with Gasteiger partial charge in [0.1, 0.15) is 5.75 Å². The average molecular weight is 413 g/mol. The summed E-state index contributed by atoms with van der Waals surface area (Å²) in [6.45, 7) is 5.05. The molecule has 6 nitrogen and oxygen atoms in total. The third-order valence-electron chi connectivity index (χ3n) is 5.51. The summed E-state index contributed by atoms with van der Waals surface area (Å²) in [7, 11) is 3.26. The lowest BCUT2D eigenvalue weighted by atomic mass is 10.0. The highest BCUT2D eigenvalue weighted by molar-refractivity contribution is 5.94. The molecular formula is C24H32N2O4. The highest BCUT2D eigenvalue weighted by atomic mass is 16.5. The normalized spacial score (nSPS) is 15.3. The van der Waals surface area contributed by atoms with Gasteiger partial charge in [0.25, 0.3) is 5.91 Å². The predicted molar refractivity (Wildman–Crippen MR) is 118 cm³/mol. The third-order valence-corrected chi connectivity index (χ3v) is 5.51. The van der Waals surface area contributed by atoms with Gasteiger partial charge in [0, 0.05) is 12.1 Å². The molecule has 1 aliphatic rings. The van der Waals surface area contributed by atoms with E-state index >= 15 is 0 Å². The Morgan fingerprint density at radius 2 is 1.73 bits per heavy atom. The van der Waals surface area contributed by atoms with Crippen LogP contribution in [0.25, 0.3) is 0 Å². The van der Waals surface area contributed by atoms with Crippen LogP contribution in [0.4, 0.5) is 0 Å². The molecule has 0 bridgehead atoms. The summed E-state index contributed by atoms with van der Waals surface area (Å²) in [5, 5.41) is 3.12. The van der Waals surface area contributed by atoms with Crippen molar-refractivity contribution in [1.29, 1.82) is 0 Å². The Balaban J connectivity index is 1.74. The first-order valence-electron chi connectivity index (χ1n) is 10.6. The summed E-state index contributed by atoms with van der Waals surface area (Å²) in [6.07, 6.45) is 3.65. The number of methoxy groups -OCH3 is 2. The van der Waals surface area contributed by atoms with Gasteiger partial charge in [0.2, 0.25) is 0 Å². The number of likely N-dealkylation sites (tertiary alicyclic amines) is 1. The second-order valence-corrected chi connectivity index (χ2v) is 7.39. The molecule has 0 aliphatic carbocycles. The van der Waals surface area contributed by atoms with Gasteiger partial charge in [-0.15, -0.1) is 0 Å². The van der Waals surface area contributed by atoms with Crippen molar-refractivity contribution in [2.45, 2.75) is 32.2 Å². The fourth-order valence-corrected chi connectivity index (χ4v) is 3.89. The molecule has 1 amide bonds. The summed E-state index contributed by atoms with van der Waals surface area (Å²) < 4.78 is 16.2. The van der Waals surface area contributed by atoms with Gasteiger partial charge in [0.15, 0.2) is 11.5 Å². The van der Waals surface area contributed by atoms with E-state index in [4.69, 9.17) is 14.2 Å². The van der Waals surface area contributed by atoms with E-state index in [1.165, 1.54) is 24.8 Å². The number of ether oxygens (including phenoxy) is 3. The van der Waals surface area contributed by atoms with Crippen molar-refractivity contribution < 1.29 is 19.0 Å². The van der Waals surface area contributed by atoms with E-state index in [1.54, 1.807) is 32.4 Å². The SMILES string of the molecule is CCOc1cc(C(=O)NCC(c2ccc(OC)cc2)N2CCCCC2)ccc1OC. The summed E-state index contributed by atoms with van der Waals surface area (Å²) >= 11 is 0. The maximum absolute atomic E-state index is 12.9. The lowest BCUT2D eigenvalue weighted by Crippen LogP contribution is -2.40. The third kappa shape index (κ3) is 5.45. The summed E-state index contributed by atoms with van der Waals surface area (Å²) in [6, 6.07) is 13.5. The molecule has 1 N–H and O–H groups in total. The molecule has 1 fully saturated rings. The maximum Gasteiger partial charge on any atom is 0.251 e. The van der Waals surface area contributed by atoms with Gasteiger partial charge in [-0.25, -0.2) is 0 Å². The lowest BCUT2D eigenvalue weighted by Gasteiger charge is -2.35. The largest absolute Gasteiger partial charge is 0.497 e. The fourth-order valence-electron chi connectivity index (χ4n) is 3.89. The second kappa shape index (κ2) is 10.9. The van der Waals surface area contributed by atoms with Crippen molar-refractivity contribution in [2.75, 3.05) is 40.5 Å². The number of piperidine rings is 1. The Kier molecular flexibility index (Phi) is 7.97. The van der Waals surface area contributed by atoms with E-state index in [-0.39, 0.29) is 11.9 Å². The topological polar surface area (TPSA) is 60.0 Å². The van der Waals surface area contributed by atoms with Gasteiger partial charge in [-0.05, 0) is 68.8 Å². The number of hydrogen-bond donors (Lipinski definition) is 1. The number of hydrogen-bond acceptors (Lipinski definition) is 5. The Hall–Kier alpha value is -2.73. The molecule has 2 aromatic carbocycles. The van der Waals surface area contributed by atoms with Crippen LogP contribution in [0.1, 0.15) is 48.1 Å². The first kappa shape index (κ1) is 22.0. The van der Waals surface area contributed by atoms with Gasteiger partial charge in [-0.3, -0.25) is 9.69 Å². The summed E-state index contributed by atoms with van der Waals surface area (Å²) in [4.78, 5) is 15.3. The van der Waals surface area contributed by atoms with Gasteiger partial charge < -0.3 is 19.5 Å². The molecular weight excluding hydrogens is 380 g/mol. The van der Waals surface area contributed by atoms with Crippen molar-refractivity contribution in [2.24, 2.45) is 0 Å². The van der Waals surface area contributed by atoms with Crippen molar-refractivity contribution >= 4 is 5.91 Å². The molecule has 0 spiro atoms. The van der Waals surface area contributed by atoms with E-state index in [1.807, 2.05) is 19.1 Å². The van der Waals surface area contributed by atoms with Crippen LogP contribution in [0, 0.1) is 0 Å². The molecule has 0 aromatic heterocycles. The molecule has 0 saturated carbocycles. The molecule has 1 aliphatic heterocycles. The van der Waals surface area contributed by atoms with Crippen LogP contribution < -0.4 is 19.5 Å². The molecule has 1 heterocycles. The van der Waals surface area contributed by atoms with Crippen molar-refractivity contribution in [3.63, 3.8) is 0 Å². The number of nitrogens with one attached hydrogen (secondary N) is 1. The molecule has 1 saturated heterocycles. The number of rotatable bonds is 9. The minimum Gasteiger partial charge on any atom is -0.497 e. The number of carbonyl (C=O) groups excluding carboxylic acids is 1. The van der Waals surface area contributed by atoms with E-state index in [9.17, 15) is 4.79 Å². The number of carbonyl (C=O) groups is 1. The smallest absolute Gasteiger partial charge is 0.251 e. The van der Waals surface area contributed by atoms with Crippen LogP contribution in [-0.2, 0) is 0 Å². The molecule has 0 radical (unpaired) electrons. The number of amides is 1. The quantitative estimate of drug-likeness (QED) is 0.673. The summed E-state index contributed by atoms with van der Waals surface area (Å²) in [5.41, 5.74) is 1.74. The van der Waals surface area contributed by atoms with Crippen LogP contribution >= 0.6 is 0 Å². The molecule has 162 valence electrons. The monoisotopic (exact) mass is 412 g/mol. The Bertz CT molecular complexity index is 816. The first-order chi connectivity index (χ1) is 14.7. The van der Waals surface area contributed by atoms with Crippen LogP contribution in [-0.4, -0.2) is 51.3 Å². The van der Waals surface area contributed by atoms with Gasteiger partial charge in [-0.2, -0.15) is 0 Å². The Morgan fingerprint density at radius 3 is 2.37 bits per heavy atom. The molecule has 1 unspecified atom stereocenters. The van der Waals surface area contributed by atoms with Gasteiger partial charge >= 0.3 is 0 Å². The zero-order chi connectivity index (χ0) is 21.3.